The largest absolute Gasteiger partial charge is 3.00 e. The van der Waals surface area contributed by atoms with E-state index in [-0.39, 0.29) is 41.7 Å². The maximum Gasteiger partial charge on any atom is 3.00 e. The Hall–Kier alpha value is -0.423. The Labute approximate surface area is 87.6 Å². The number of hydrogen-bond acceptors (Lipinski definition) is 9. The van der Waals surface area contributed by atoms with E-state index in [1.807, 2.05) is 0 Å². The van der Waals surface area contributed by atoms with Crippen molar-refractivity contribution in [2.45, 2.75) is 0 Å². The molecule has 10 heavy (non-hydrogen) atoms. The van der Waals surface area contributed by atoms with Gasteiger partial charge in [-0.15, -0.1) is 16.0 Å². The van der Waals surface area contributed by atoms with Gasteiger partial charge in [0.2, 0.25) is 0 Å². The van der Waals surface area contributed by atoms with Gasteiger partial charge in [0.05, 0.1) is 0 Å². The quantitative estimate of drug-likeness (QED) is 0.469. The van der Waals surface area contributed by atoms with Crippen LogP contribution in [0.1, 0.15) is 0 Å². The van der Waals surface area contributed by atoms with Crippen LogP contribution in [0, 0.1) is 72.1 Å². The molecule has 0 aliphatic carbocycles. The van der Waals surface area contributed by atoms with Crippen LogP contribution in [0.5, 0.6) is 0 Å². The molecule has 0 aromatic heterocycles. The third kappa shape index (κ3) is 1830. The first-order valence-electron chi connectivity index (χ1n) is 1.10. The molecule has 0 aliphatic rings. The minimum Gasteiger partial charge on any atom is -0.444 e. The van der Waals surface area contributed by atoms with Gasteiger partial charge >= 0.3 is 41.7 Å². The summed E-state index contributed by atoms with van der Waals surface area (Å²) in [6.07, 6.45) is 0. The zero-order valence-corrected chi connectivity index (χ0v) is 7.43. The number of rotatable bonds is 0. The van der Waals surface area contributed by atoms with Gasteiger partial charge in [0, 0.05) is 0 Å². The first-order chi connectivity index (χ1) is 4.24. The predicted octanol–water partition coefficient (Wildman–Crippen LogP) is 0.752. The van der Waals surface area contributed by atoms with Gasteiger partial charge in [-0.2, -0.15) is 0 Å². The third-order valence-electron chi connectivity index (χ3n) is 0. The summed E-state index contributed by atoms with van der Waals surface area (Å²) in [6.45, 7) is 0. The molecule has 0 unspecified atom stereocenters. The minimum absolute atomic E-state index is 0. The summed E-state index contributed by atoms with van der Waals surface area (Å²) in [7, 11) is 0. The first-order valence-corrected chi connectivity index (χ1v) is 1.10. The topological polar surface area (TPSA) is 157 Å². The molecule has 55 valence electrons. The van der Waals surface area contributed by atoms with Crippen LogP contribution in [0.15, 0.2) is 16.0 Å². The smallest absolute Gasteiger partial charge is 0.444 e. The molecule has 1 radical (unpaired) electrons. The maximum atomic E-state index is 8.00. The second kappa shape index (κ2) is 74.2. The molecule has 0 amide bonds. The normalized spacial score (nSPS) is 3.60. The van der Waals surface area contributed by atoms with Crippen LogP contribution < -0.4 is 0 Å². The standard InChI is InChI=1S/Ce.3HNO2/c;3*2-1-3/h;3*(H,2,3)/q+3;;;/p-3. The molecular weight excluding hydrogens is 278 g/mol. The van der Waals surface area contributed by atoms with Crippen molar-refractivity contribution in [3.05, 3.63) is 30.3 Å². The number of nitrogens with zero attached hydrogens (tertiary/aromatic N) is 3. The molecule has 9 nitrogen and oxygen atoms in total. The zero-order valence-electron chi connectivity index (χ0n) is 4.29. The summed E-state index contributed by atoms with van der Waals surface area (Å²) in [5, 5.41) is 27.0. The molecule has 0 aromatic carbocycles. The zero-order chi connectivity index (χ0) is 8.12. The first kappa shape index (κ1) is 22.7. The summed E-state index contributed by atoms with van der Waals surface area (Å²) in [6, 6.07) is 0. The van der Waals surface area contributed by atoms with Crippen LogP contribution >= 0.6 is 0 Å². The van der Waals surface area contributed by atoms with E-state index >= 15 is 0 Å². The molecule has 0 saturated heterocycles. The predicted molar refractivity (Wildman–Crippen MR) is 27.5 cm³/mol. The van der Waals surface area contributed by atoms with Gasteiger partial charge < -0.3 is 30.3 Å². The molecule has 10 heteroatoms. The van der Waals surface area contributed by atoms with Gasteiger partial charge in [0.15, 0.2) is 0 Å². The van der Waals surface area contributed by atoms with Crippen LogP contribution in [-0.4, -0.2) is 0 Å². The van der Waals surface area contributed by atoms with E-state index in [4.69, 9.17) is 30.3 Å². The monoisotopic (exact) mass is 278 g/mol. The molecule has 0 atom stereocenters. The SMILES string of the molecule is O=N[O-].O=N[O-].O=N[O-].[Ce+3]. The Balaban J connectivity index is -0.0000000257. The van der Waals surface area contributed by atoms with Crippen LogP contribution in [0.25, 0.3) is 0 Å². The van der Waals surface area contributed by atoms with Gasteiger partial charge in [0.25, 0.3) is 0 Å². The van der Waals surface area contributed by atoms with E-state index in [2.05, 4.69) is 0 Å². The van der Waals surface area contributed by atoms with Crippen molar-refractivity contribution in [1.29, 1.82) is 0 Å². The fraction of sp³-hybridized carbons (Fsp3) is 0. The average Bonchev–Trinajstić information content (AvgIpc) is 1.70. The van der Waals surface area contributed by atoms with E-state index in [1.165, 1.54) is 0 Å². The molecule has 0 spiro atoms. The fourth-order valence-corrected chi connectivity index (χ4v) is 0. The minimum atomic E-state index is 0. The summed E-state index contributed by atoms with van der Waals surface area (Å²) >= 11 is 0. The molecular formula is CeN3O6. The molecule has 0 N–H and O–H groups in total. The number of hydrogen-bond donors (Lipinski definition) is 0. The second-order valence-corrected chi connectivity index (χ2v) is 0.224. The maximum absolute atomic E-state index is 8.00. The van der Waals surface area contributed by atoms with Crippen molar-refractivity contribution in [1.82, 2.24) is 0 Å². The Morgan fingerprint density at radius 2 is 0.700 bits per heavy atom. The van der Waals surface area contributed by atoms with Crippen molar-refractivity contribution in [2.24, 2.45) is 16.0 Å². The van der Waals surface area contributed by atoms with Crippen molar-refractivity contribution >= 4 is 0 Å². The van der Waals surface area contributed by atoms with Crippen LogP contribution in [-0.2, 0) is 0 Å². The Bertz CT molecular complexity index is 49.7. The molecule has 0 aliphatic heterocycles. The molecule has 0 bridgehead atoms. The van der Waals surface area contributed by atoms with Crippen molar-refractivity contribution in [2.75, 3.05) is 0 Å². The van der Waals surface area contributed by atoms with Crippen LogP contribution in [0.3, 0.4) is 0 Å². The van der Waals surface area contributed by atoms with E-state index in [0.29, 0.717) is 0 Å². The Kier molecular flexibility index (Phi) is 168. The van der Waals surface area contributed by atoms with E-state index < -0.39 is 0 Å². The van der Waals surface area contributed by atoms with Crippen molar-refractivity contribution in [3.63, 3.8) is 0 Å². The van der Waals surface area contributed by atoms with Gasteiger partial charge in [-0.3, -0.25) is 0 Å². The van der Waals surface area contributed by atoms with Crippen LogP contribution in [0.2, 0.25) is 0 Å². The van der Waals surface area contributed by atoms with Gasteiger partial charge in [0.1, 0.15) is 0 Å². The molecule has 0 saturated carbocycles. The van der Waals surface area contributed by atoms with E-state index in [9.17, 15) is 0 Å². The summed E-state index contributed by atoms with van der Waals surface area (Å²) in [5.41, 5.74) is 0. The van der Waals surface area contributed by atoms with Crippen LogP contribution in [0.4, 0.5) is 0 Å². The van der Waals surface area contributed by atoms with Gasteiger partial charge in [-0.05, 0) is 0 Å². The molecule has 0 aromatic rings. The Morgan fingerprint density at radius 3 is 0.700 bits per heavy atom. The molecule has 0 heterocycles. The second-order valence-electron chi connectivity index (χ2n) is 0.224. The molecule has 0 fully saturated rings. The summed E-state index contributed by atoms with van der Waals surface area (Å²) < 4.78 is 0. The molecule has 0 rings (SSSR count). The average molecular weight is 278 g/mol. The van der Waals surface area contributed by atoms with Gasteiger partial charge in [-0.25, -0.2) is 0 Å². The van der Waals surface area contributed by atoms with Crippen molar-refractivity contribution in [3.8, 4) is 0 Å². The third-order valence-corrected chi connectivity index (χ3v) is 0. The fourth-order valence-electron chi connectivity index (χ4n) is 0. The summed E-state index contributed by atoms with van der Waals surface area (Å²) in [4.78, 5) is 24.0. The van der Waals surface area contributed by atoms with E-state index in [0.717, 1.165) is 16.0 Å². The Morgan fingerprint density at radius 1 is 0.700 bits per heavy atom. The van der Waals surface area contributed by atoms with Crippen molar-refractivity contribution < 1.29 is 41.7 Å². The summed E-state index contributed by atoms with van der Waals surface area (Å²) in [5.74, 6) is 0. The van der Waals surface area contributed by atoms with E-state index in [1.54, 1.807) is 0 Å². The van der Waals surface area contributed by atoms with Gasteiger partial charge in [-0.1, -0.05) is 0 Å².